The van der Waals surface area contributed by atoms with Gasteiger partial charge in [0.2, 0.25) is 0 Å². The summed E-state index contributed by atoms with van der Waals surface area (Å²) in [6.45, 7) is 5.36. The van der Waals surface area contributed by atoms with Gasteiger partial charge in [-0.2, -0.15) is 0 Å². The van der Waals surface area contributed by atoms with Crippen LogP contribution in [0.2, 0.25) is 0 Å². The quantitative estimate of drug-likeness (QED) is 0.0902. The Morgan fingerprint density at radius 3 is 1.52 bits per heavy atom. The van der Waals surface area contributed by atoms with E-state index in [9.17, 15) is 4.39 Å². The third-order valence-corrected chi connectivity index (χ3v) is 8.27. The fraction of sp³-hybridized carbons (Fsp3) is 0.590. The third kappa shape index (κ3) is 14.7. The molecule has 1 heterocycles. The molecule has 0 bridgehead atoms. The molecule has 1 aromatic heterocycles. The Balaban J connectivity index is 1.31. The van der Waals surface area contributed by atoms with Crippen molar-refractivity contribution in [3.05, 3.63) is 60.9 Å². The van der Waals surface area contributed by atoms with Gasteiger partial charge in [0.05, 0.1) is 6.61 Å². The first-order valence-electron chi connectivity index (χ1n) is 17.6. The summed E-state index contributed by atoms with van der Waals surface area (Å²) >= 11 is 0. The summed E-state index contributed by atoms with van der Waals surface area (Å²) in [6.07, 6.45) is 25.0. The van der Waals surface area contributed by atoms with E-state index in [1.165, 1.54) is 89.9 Å². The van der Waals surface area contributed by atoms with E-state index in [4.69, 9.17) is 9.47 Å². The predicted molar refractivity (Wildman–Crippen MR) is 183 cm³/mol. The van der Waals surface area contributed by atoms with E-state index in [-0.39, 0.29) is 6.61 Å². The van der Waals surface area contributed by atoms with Crippen molar-refractivity contribution in [1.82, 2.24) is 9.97 Å². The van der Waals surface area contributed by atoms with Crippen LogP contribution in [-0.2, 0) is 0 Å². The van der Waals surface area contributed by atoms with Crippen molar-refractivity contribution in [3.63, 3.8) is 0 Å². The Kier molecular flexibility index (Phi) is 18.2. The molecule has 3 rings (SSSR count). The normalized spacial score (nSPS) is 11.9. The molecule has 3 aromatic rings. The van der Waals surface area contributed by atoms with Crippen molar-refractivity contribution < 1.29 is 13.9 Å². The Morgan fingerprint density at radius 1 is 0.523 bits per heavy atom. The van der Waals surface area contributed by atoms with Crippen molar-refractivity contribution in [2.75, 3.05) is 13.2 Å². The average Bonchev–Trinajstić information content (AvgIpc) is 3.06. The van der Waals surface area contributed by atoms with E-state index in [1.54, 1.807) is 0 Å². The zero-order chi connectivity index (χ0) is 31.1. The molecule has 2 aromatic carbocycles. The summed E-state index contributed by atoms with van der Waals surface area (Å²) in [5.74, 6) is 2.26. The summed E-state index contributed by atoms with van der Waals surface area (Å²) in [6, 6.07) is 15.7. The molecule has 0 aliphatic rings. The molecule has 0 saturated heterocycles. The van der Waals surface area contributed by atoms with E-state index in [0.29, 0.717) is 18.0 Å². The molecule has 0 amide bonds. The molecule has 0 radical (unpaired) electrons. The van der Waals surface area contributed by atoms with Gasteiger partial charge < -0.3 is 9.47 Å². The molecule has 4 nitrogen and oxygen atoms in total. The van der Waals surface area contributed by atoms with Crippen molar-refractivity contribution in [2.24, 2.45) is 0 Å². The Labute approximate surface area is 267 Å². The number of alkyl halides is 1. The minimum atomic E-state index is -0.920. The topological polar surface area (TPSA) is 44.2 Å². The maximum atomic E-state index is 14.3. The molecular formula is C39H57FN2O2. The number of rotatable bonds is 25. The van der Waals surface area contributed by atoms with Gasteiger partial charge in [-0.15, -0.1) is 0 Å². The number of aromatic nitrogens is 2. The molecule has 5 heteroatoms. The van der Waals surface area contributed by atoms with Crippen LogP contribution in [0.25, 0.3) is 22.5 Å². The smallest absolute Gasteiger partial charge is 0.159 e. The first kappa shape index (κ1) is 35.5. The first-order chi connectivity index (χ1) is 21.7. The molecule has 0 N–H and O–H groups in total. The van der Waals surface area contributed by atoms with Crippen LogP contribution in [0.5, 0.6) is 11.5 Å². The molecule has 0 saturated carbocycles. The predicted octanol–water partition coefficient (Wildman–Crippen LogP) is 12.0. The first-order valence-corrected chi connectivity index (χ1v) is 17.6. The van der Waals surface area contributed by atoms with Crippen LogP contribution in [0.4, 0.5) is 4.39 Å². The lowest BCUT2D eigenvalue weighted by atomic mass is 10.1. The van der Waals surface area contributed by atoms with E-state index in [1.807, 2.05) is 60.9 Å². The molecule has 0 fully saturated rings. The van der Waals surface area contributed by atoms with Gasteiger partial charge in [0.25, 0.3) is 0 Å². The van der Waals surface area contributed by atoms with E-state index < -0.39 is 6.17 Å². The lowest BCUT2D eigenvalue weighted by Crippen LogP contribution is -2.12. The van der Waals surface area contributed by atoms with Gasteiger partial charge in [0, 0.05) is 23.5 Å². The minimum absolute atomic E-state index is 0.107. The van der Waals surface area contributed by atoms with Crippen LogP contribution < -0.4 is 9.47 Å². The van der Waals surface area contributed by atoms with Crippen LogP contribution in [0.1, 0.15) is 129 Å². The number of hydrogen-bond acceptors (Lipinski definition) is 4. The van der Waals surface area contributed by atoms with Crippen molar-refractivity contribution in [2.45, 2.75) is 136 Å². The van der Waals surface area contributed by atoms with Gasteiger partial charge in [-0.1, -0.05) is 129 Å². The monoisotopic (exact) mass is 604 g/mol. The van der Waals surface area contributed by atoms with Gasteiger partial charge >= 0.3 is 0 Å². The summed E-state index contributed by atoms with van der Waals surface area (Å²) in [7, 11) is 0. The highest BCUT2D eigenvalue weighted by atomic mass is 19.1. The fourth-order valence-electron chi connectivity index (χ4n) is 5.44. The summed E-state index contributed by atoms with van der Waals surface area (Å²) in [5, 5.41) is 0. The highest BCUT2D eigenvalue weighted by molar-refractivity contribution is 5.64. The largest absolute Gasteiger partial charge is 0.494 e. The van der Waals surface area contributed by atoms with E-state index in [2.05, 4.69) is 23.8 Å². The molecule has 0 aliphatic carbocycles. The second kappa shape index (κ2) is 22.5. The van der Waals surface area contributed by atoms with Gasteiger partial charge in [-0.3, -0.25) is 0 Å². The molecule has 0 aliphatic heterocycles. The second-order valence-corrected chi connectivity index (χ2v) is 12.2. The highest BCUT2D eigenvalue weighted by Gasteiger charge is 2.09. The van der Waals surface area contributed by atoms with Crippen LogP contribution >= 0.6 is 0 Å². The lowest BCUT2D eigenvalue weighted by Gasteiger charge is -2.11. The van der Waals surface area contributed by atoms with Crippen molar-refractivity contribution in [1.29, 1.82) is 0 Å². The van der Waals surface area contributed by atoms with E-state index in [0.717, 1.165) is 48.3 Å². The molecular weight excluding hydrogens is 547 g/mol. The number of benzene rings is 2. The zero-order valence-corrected chi connectivity index (χ0v) is 27.6. The summed E-state index contributed by atoms with van der Waals surface area (Å²) < 4.78 is 25.9. The van der Waals surface area contributed by atoms with Gasteiger partial charge in [0.15, 0.2) is 5.82 Å². The number of ether oxygens (including phenoxy) is 2. The second-order valence-electron chi connectivity index (χ2n) is 12.2. The Bertz CT molecular complexity index is 1100. The van der Waals surface area contributed by atoms with Gasteiger partial charge in [-0.05, 0) is 54.8 Å². The molecule has 0 spiro atoms. The summed E-state index contributed by atoms with van der Waals surface area (Å²) in [4.78, 5) is 9.18. The minimum Gasteiger partial charge on any atom is -0.494 e. The maximum Gasteiger partial charge on any atom is 0.159 e. The van der Waals surface area contributed by atoms with E-state index >= 15 is 0 Å². The van der Waals surface area contributed by atoms with Gasteiger partial charge in [0.1, 0.15) is 24.3 Å². The van der Waals surface area contributed by atoms with Crippen molar-refractivity contribution in [3.8, 4) is 34.0 Å². The number of unbranched alkanes of at least 4 members (excludes halogenated alkanes) is 15. The van der Waals surface area contributed by atoms with Crippen LogP contribution in [-0.4, -0.2) is 29.4 Å². The molecule has 242 valence electrons. The Morgan fingerprint density at radius 2 is 0.977 bits per heavy atom. The lowest BCUT2D eigenvalue weighted by molar-refractivity contribution is 0.184. The molecule has 1 unspecified atom stereocenters. The number of halogens is 1. The Hall–Kier alpha value is -2.95. The highest BCUT2D eigenvalue weighted by Crippen LogP contribution is 2.25. The molecule has 1 atom stereocenters. The SMILES string of the molecule is CCCCCCCCCCCCOc1ccc(-c2ncc(-c3ccc(OCC(F)CCCCCCCCC)cc3)cn2)cc1. The zero-order valence-electron chi connectivity index (χ0n) is 27.6. The third-order valence-electron chi connectivity index (χ3n) is 8.27. The number of nitrogens with zero attached hydrogens (tertiary/aromatic N) is 2. The standard InChI is InChI=1S/C39H57FN2O2/c1-3-5-7-9-11-12-13-15-17-19-29-43-37-27-23-34(24-28-37)39-41-30-35(31-42-39)33-21-25-38(26-22-33)44-32-36(40)20-18-16-14-10-8-6-4-2/h21-28,30-31,36H,3-20,29,32H2,1-2H3. The average molecular weight is 605 g/mol. The number of hydrogen-bond donors (Lipinski definition) is 0. The fourth-order valence-corrected chi connectivity index (χ4v) is 5.44. The molecule has 44 heavy (non-hydrogen) atoms. The summed E-state index contributed by atoms with van der Waals surface area (Å²) in [5.41, 5.74) is 2.89. The van der Waals surface area contributed by atoms with Crippen LogP contribution in [0, 0.1) is 0 Å². The van der Waals surface area contributed by atoms with Gasteiger partial charge in [-0.25, -0.2) is 14.4 Å². The van der Waals surface area contributed by atoms with Crippen molar-refractivity contribution >= 4 is 0 Å². The van der Waals surface area contributed by atoms with Crippen LogP contribution in [0.15, 0.2) is 60.9 Å². The van der Waals surface area contributed by atoms with Crippen LogP contribution in [0.3, 0.4) is 0 Å². The maximum absolute atomic E-state index is 14.3.